The van der Waals surface area contributed by atoms with Crippen LogP contribution in [0.15, 0.2) is 42.5 Å². The van der Waals surface area contributed by atoms with Gasteiger partial charge in [0.15, 0.2) is 17.3 Å². The maximum Gasteiger partial charge on any atom is 0.220 e. The molecule has 0 aromatic heterocycles. The highest BCUT2D eigenvalue weighted by atomic mass is 16.5. The van der Waals surface area contributed by atoms with Gasteiger partial charge in [0.25, 0.3) is 0 Å². The van der Waals surface area contributed by atoms with Gasteiger partial charge in [0.05, 0.1) is 20.3 Å². The molecule has 0 aliphatic carbocycles. The Morgan fingerprint density at radius 3 is 2.43 bits per heavy atom. The summed E-state index contributed by atoms with van der Waals surface area (Å²) in [7, 11) is 1.53. The summed E-state index contributed by atoms with van der Waals surface area (Å²) in [5.41, 5.74) is 1.63. The van der Waals surface area contributed by atoms with Gasteiger partial charge >= 0.3 is 0 Å². The summed E-state index contributed by atoms with van der Waals surface area (Å²) in [4.78, 5) is 23.3. The lowest BCUT2D eigenvalue weighted by Crippen LogP contribution is -2.28. The molecule has 0 aliphatic rings. The third-order valence-corrected chi connectivity index (χ3v) is 4.15. The standard InChI is InChI=1S/C22H27NO5/c1-16-7-4-5-8-19(16)28-14-12-23-22(25)9-6-13-27-20-11-10-18(17(2)24)15-21(20)26-3/h4-5,7-8,10-11,15H,6,9,12-14H2,1-3H3,(H,23,25). The van der Waals surface area contributed by atoms with Crippen LogP contribution in [0.1, 0.15) is 35.7 Å². The molecule has 0 atom stereocenters. The fraction of sp³-hybridized carbons (Fsp3) is 0.364. The van der Waals surface area contributed by atoms with Crippen molar-refractivity contribution in [1.82, 2.24) is 5.32 Å². The topological polar surface area (TPSA) is 73.9 Å². The molecule has 0 unspecified atom stereocenters. The molecule has 2 rings (SSSR count). The molecule has 0 saturated heterocycles. The number of methoxy groups -OCH3 is 1. The summed E-state index contributed by atoms with van der Waals surface area (Å²) >= 11 is 0. The number of rotatable bonds is 11. The van der Waals surface area contributed by atoms with E-state index in [2.05, 4.69) is 5.32 Å². The van der Waals surface area contributed by atoms with Crippen LogP contribution in [0.3, 0.4) is 0 Å². The van der Waals surface area contributed by atoms with Gasteiger partial charge in [-0.15, -0.1) is 0 Å². The number of Topliss-reactive ketones (excluding diaryl/α,β-unsaturated/α-hetero) is 1. The van der Waals surface area contributed by atoms with Crippen molar-refractivity contribution in [3.05, 3.63) is 53.6 Å². The molecule has 2 aromatic carbocycles. The van der Waals surface area contributed by atoms with E-state index in [1.807, 2.05) is 31.2 Å². The van der Waals surface area contributed by atoms with Gasteiger partial charge in [-0.3, -0.25) is 9.59 Å². The SMILES string of the molecule is COc1cc(C(C)=O)ccc1OCCCC(=O)NCCOc1ccccc1C. The molecule has 1 amide bonds. The first-order valence-electron chi connectivity index (χ1n) is 9.28. The molecular weight excluding hydrogens is 358 g/mol. The first kappa shape index (κ1) is 21.3. The number of nitrogens with one attached hydrogen (secondary N) is 1. The van der Waals surface area contributed by atoms with Crippen molar-refractivity contribution in [3.8, 4) is 17.2 Å². The summed E-state index contributed by atoms with van der Waals surface area (Å²) in [6, 6.07) is 12.8. The maximum atomic E-state index is 11.9. The first-order valence-corrected chi connectivity index (χ1v) is 9.28. The Balaban J connectivity index is 1.64. The Labute approximate surface area is 165 Å². The van der Waals surface area contributed by atoms with Crippen LogP contribution in [0.4, 0.5) is 0 Å². The molecule has 0 spiro atoms. The monoisotopic (exact) mass is 385 g/mol. The van der Waals surface area contributed by atoms with Crippen molar-refractivity contribution in [1.29, 1.82) is 0 Å². The van der Waals surface area contributed by atoms with E-state index in [-0.39, 0.29) is 11.7 Å². The fourth-order valence-corrected chi connectivity index (χ4v) is 2.58. The predicted molar refractivity (Wildman–Crippen MR) is 107 cm³/mol. The van der Waals surface area contributed by atoms with Crippen LogP contribution in [0.2, 0.25) is 0 Å². The third kappa shape index (κ3) is 6.61. The van der Waals surface area contributed by atoms with Gasteiger partial charge in [-0.25, -0.2) is 0 Å². The van der Waals surface area contributed by atoms with Gasteiger partial charge in [0, 0.05) is 12.0 Å². The predicted octanol–water partition coefficient (Wildman–Crippen LogP) is 3.56. The number of hydrogen-bond acceptors (Lipinski definition) is 5. The molecule has 6 nitrogen and oxygen atoms in total. The van der Waals surface area contributed by atoms with E-state index in [9.17, 15) is 9.59 Å². The molecular formula is C22H27NO5. The Hall–Kier alpha value is -3.02. The number of ketones is 1. The summed E-state index contributed by atoms with van der Waals surface area (Å²) in [6.07, 6.45) is 0.931. The van der Waals surface area contributed by atoms with Gasteiger partial charge in [0.1, 0.15) is 12.4 Å². The van der Waals surface area contributed by atoms with Gasteiger partial charge < -0.3 is 19.5 Å². The Morgan fingerprint density at radius 2 is 1.71 bits per heavy atom. The van der Waals surface area contributed by atoms with Gasteiger partial charge in [0.2, 0.25) is 5.91 Å². The van der Waals surface area contributed by atoms with Gasteiger partial charge in [-0.1, -0.05) is 18.2 Å². The van der Waals surface area contributed by atoms with Gasteiger partial charge in [-0.2, -0.15) is 0 Å². The Morgan fingerprint density at radius 1 is 0.964 bits per heavy atom. The average molecular weight is 385 g/mol. The highest BCUT2D eigenvalue weighted by Crippen LogP contribution is 2.28. The summed E-state index contributed by atoms with van der Waals surface area (Å²) in [5.74, 6) is 1.81. The van der Waals surface area contributed by atoms with E-state index in [4.69, 9.17) is 14.2 Å². The number of benzene rings is 2. The number of hydrogen-bond donors (Lipinski definition) is 1. The molecule has 6 heteroatoms. The van der Waals surface area contributed by atoms with E-state index >= 15 is 0 Å². The van der Waals surface area contributed by atoms with Crippen LogP contribution >= 0.6 is 0 Å². The van der Waals surface area contributed by atoms with Crippen LogP contribution in [-0.4, -0.2) is 38.6 Å². The van der Waals surface area contributed by atoms with E-state index < -0.39 is 0 Å². The van der Waals surface area contributed by atoms with Gasteiger partial charge in [-0.05, 0) is 50.1 Å². The molecule has 28 heavy (non-hydrogen) atoms. The second-order valence-corrected chi connectivity index (χ2v) is 6.34. The summed E-state index contributed by atoms with van der Waals surface area (Å²) < 4.78 is 16.6. The summed E-state index contributed by atoms with van der Waals surface area (Å²) in [5, 5.41) is 2.83. The van der Waals surface area contributed by atoms with Crippen LogP contribution in [0.5, 0.6) is 17.2 Å². The first-order chi connectivity index (χ1) is 13.5. The molecule has 0 bridgehead atoms. The number of amides is 1. The van der Waals surface area contributed by atoms with Crippen molar-refractivity contribution in [2.75, 3.05) is 26.9 Å². The molecule has 0 aliphatic heterocycles. The maximum absolute atomic E-state index is 11.9. The zero-order valence-electron chi connectivity index (χ0n) is 16.6. The second-order valence-electron chi connectivity index (χ2n) is 6.34. The van der Waals surface area contributed by atoms with E-state index in [1.54, 1.807) is 18.2 Å². The largest absolute Gasteiger partial charge is 0.493 e. The van der Waals surface area contributed by atoms with Crippen molar-refractivity contribution in [2.45, 2.75) is 26.7 Å². The molecule has 1 N–H and O–H groups in total. The third-order valence-electron chi connectivity index (χ3n) is 4.15. The zero-order valence-corrected chi connectivity index (χ0v) is 16.6. The number of carbonyl (C=O) groups excluding carboxylic acids is 2. The molecule has 2 aromatic rings. The van der Waals surface area contributed by atoms with Crippen LogP contribution in [0, 0.1) is 6.92 Å². The lowest BCUT2D eigenvalue weighted by molar-refractivity contribution is -0.121. The molecule has 0 heterocycles. The average Bonchev–Trinajstić information content (AvgIpc) is 2.69. The van der Waals surface area contributed by atoms with Crippen LogP contribution in [0.25, 0.3) is 0 Å². The van der Waals surface area contributed by atoms with Crippen LogP contribution in [-0.2, 0) is 4.79 Å². The number of aryl methyl sites for hydroxylation is 1. The van der Waals surface area contributed by atoms with Crippen molar-refractivity contribution >= 4 is 11.7 Å². The van der Waals surface area contributed by atoms with Crippen LogP contribution < -0.4 is 19.5 Å². The summed E-state index contributed by atoms with van der Waals surface area (Å²) in [6.45, 7) is 4.74. The zero-order chi connectivity index (χ0) is 20.4. The van der Waals surface area contributed by atoms with Crippen molar-refractivity contribution in [2.24, 2.45) is 0 Å². The number of para-hydroxylation sites is 1. The Kier molecular flexibility index (Phi) is 8.34. The van der Waals surface area contributed by atoms with E-state index in [0.29, 0.717) is 49.7 Å². The van der Waals surface area contributed by atoms with E-state index in [1.165, 1.54) is 14.0 Å². The lowest BCUT2D eigenvalue weighted by Gasteiger charge is -2.12. The number of carbonyl (C=O) groups is 2. The minimum absolute atomic E-state index is 0.0343. The van der Waals surface area contributed by atoms with Crippen molar-refractivity contribution in [3.63, 3.8) is 0 Å². The molecule has 150 valence electrons. The highest BCUT2D eigenvalue weighted by molar-refractivity contribution is 5.94. The Bertz CT molecular complexity index is 803. The second kappa shape index (κ2) is 11.0. The van der Waals surface area contributed by atoms with Crippen molar-refractivity contribution < 1.29 is 23.8 Å². The number of ether oxygens (including phenoxy) is 3. The normalized spacial score (nSPS) is 10.2. The smallest absolute Gasteiger partial charge is 0.220 e. The lowest BCUT2D eigenvalue weighted by atomic mass is 10.1. The fourth-order valence-electron chi connectivity index (χ4n) is 2.58. The minimum Gasteiger partial charge on any atom is -0.493 e. The molecule has 0 fully saturated rings. The minimum atomic E-state index is -0.0455. The van der Waals surface area contributed by atoms with E-state index in [0.717, 1.165) is 11.3 Å². The molecule has 0 radical (unpaired) electrons. The quantitative estimate of drug-likeness (QED) is 0.473. The highest BCUT2D eigenvalue weighted by Gasteiger charge is 2.09. The molecule has 0 saturated carbocycles.